The van der Waals surface area contributed by atoms with Gasteiger partial charge in [-0.1, -0.05) is 0 Å². The molecule has 0 aliphatic rings. The number of hydrogen-bond acceptors (Lipinski definition) is 4. The standard InChI is InChI=1S/C3H9O6P.2K.H2O.2H/c4-1-3(5)2-9-10(6,7)8;;;;;/h3-5H,1-2H2,(H2,6,7,8);;;1H2;;. The Kier molecular flexibility index (Phi) is 25.8. The molecule has 0 aliphatic heterocycles. The van der Waals surface area contributed by atoms with Crippen LogP contribution in [0.3, 0.4) is 0 Å². The first-order chi connectivity index (χ1) is 4.45. The molecule has 0 aromatic rings. The van der Waals surface area contributed by atoms with Crippen LogP contribution in [0.4, 0.5) is 0 Å². The summed E-state index contributed by atoms with van der Waals surface area (Å²) in [4.78, 5) is 16.1. The van der Waals surface area contributed by atoms with E-state index in [1.54, 1.807) is 0 Å². The monoisotopic (exact) mass is 270 g/mol. The molecule has 1 unspecified atom stereocenters. The number of phosphoric acid groups is 1. The van der Waals surface area contributed by atoms with Crippen molar-refractivity contribution in [2.45, 2.75) is 6.10 Å². The van der Waals surface area contributed by atoms with Crippen molar-refractivity contribution < 1.29 is 34.6 Å². The summed E-state index contributed by atoms with van der Waals surface area (Å²) in [7, 11) is -4.50. The quantitative estimate of drug-likeness (QED) is 0.306. The molecule has 0 aromatic carbocycles. The van der Waals surface area contributed by atoms with Crippen LogP contribution < -0.4 is 0 Å². The van der Waals surface area contributed by atoms with E-state index >= 15 is 0 Å². The van der Waals surface area contributed by atoms with Gasteiger partial charge in [-0.15, -0.1) is 0 Å². The summed E-state index contributed by atoms with van der Waals surface area (Å²) in [6.45, 7) is -1.15. The molecule has 0 amide bonds. The van der Waals surface area contributed by atoms with Crippen LogP contribution in [0.2, 0.25) is 0 Å². The van der Waals surface area contributed by atoms with Gasteiger partial charge in [0.15, 0.2) is 0 Å². The molecule has 7 nitrogen and oxygen atoms in total. The van der Waals surface area contributed by atoms with Crippen molar-refractivity contribution >= 4 is 111 Å². The molecule has 0 heterocycles. The van der Waals surface area contributed by atoms with Crippen molar-refractivity contribution in [1.82, 2.24) is 0 Å². The van der Waals surface area contributed by atoms with E-state index in [0.717, 1.165) is 0 Å². The first-order valence-electron chi connectivity index (χ1n) is 2.44. The van der Waals surface area contributed by atoms with Gasteiger partial charge in [0.05, 0.1) is 13.2 Å². The maximum atomic E-state index is 9.93. The first-order valence-corrected chi connectivity index (χ1v) is 3.98. The van der Waals surface area contributed by atoms with Crippen molar-refractivity contribution in [3.05, 3.63) is 0 Å². The second-order valence-electron chi connectivity index (χ2n) is 1.62. The molecule has 1 atom stereocenters. The Hall–Kier alpha value is 3.26. The second-order valence-corrected chi connectivity index (χ2v) is 2.86. The van der Waals surface area contributed by atoms with Crippen LogP contribution in [0.25, 0.3) is 0 Å². The van der Waals surface area contributed by atoms with Gasteiger partial charge in [0.25, 0.3) is 0 Å². The van der Waals surface area contributed by atoms with Crippen molar-refractivity contribution in [2.75, 3.05) is 13.2 Å². The Bertz CT molecular complexity index is 138. The molecule has 13 heavy (non-hydrogen) atoms. The molecular formula is C3H13K2O7P. The van der Waals surface area contributed by atoms with Gasteiger partial charge in [0, 0.05) is 0 Å². The van der Waals surface area contributed by atoms with E-state index in [1.165, 1.54) is 0 Å². The van der Waals surface area contributed by atoms with Crippen LogP contribution in [0.1, 0.15) is 0 Å². The third-order valence-corrected chi connectivity index (χ3v) is 1.13. The van der Waals surface area contributed by atoms with Crippen LogP contribution in [-0.2, 0) is 9.09 Å². The summed E-state index contributed by atoms with van der Waals surface area (Å²) in [6, 6.07) is 0. The van der Waals surface area contributed by atoms with E-state index in [1.807, 2.05) is 0 Å². The fraction of sp³-hybridized carbons (Fsp3) is 1.00. The molecule has 74 valence electrons. The Morgan fingerprint density at radius 3 is 1.92 bits per heavy atom. The number of aliphatic hydroxyl groups excluding tert-OH is 2. The number of hydrogen-bond donors (Lipinski definition) is 4. The van der Waals surface area contributed by atoms with Crippen LogP contribution >= 0.6 is 7.82 Å². The molecule has 0 saturated heterocycles. The molecule has 0 aliphatic carbocycles. The molecule has 0 bridgehead atoms. The van der Waals surface area contributed by atoms with Gasteiger partial charge in [0.2, 0.25) is 0 Å². The van der Waals surface area contributed by atoms with E-state index in [4.69, 9.17) is 20.0 Å². The average molecular weight is 270 g/mol. The number of rotatable bonds is 4. The van der Waals surface area contributed by atoms with Gasteiger partial charge in [-0.2, -0.15) is 0 Å². The summed E-state index contributed by atoms with van der Waals surface area (Å²) in [5.74, 6) is 0. The van der Waals surface area contributed by atoms with E-state index in [0.29, 0.717) is 0 Å². The molecule has 0 aromatic heterocycles. The van der Waals surface area contributed by atoms with E-state index < -0.39 is 27.1 Å². The zero-order valence-electron chi connectivity index (χ0n) is 5.54. The molecular weight excluding hydrogens is 257 g/mol. The van der Waals surface area contributed by atoms with Gasteiger partial charge >= 0.3 is 111 Å². The molecule has 6 N–H and O–H groups in total. The third kappa shape index (κ3) is 21.2. The van der Waals surface area contributed by atoms with Crippen molar-refractivity contribution in [3.8, 4) is 0 Å². The molecule has 0 radical (unpaired) electrons. The minimum absolute atomic E-state index is 0. The van der Waals surface area contributed by atoms with Crippen LogP contribution in [0, 0.1) is 0 Å². The second kappa shape index (κ2) is 13.3. The van der Waals surface area contributed by atoms with Gasteiger partial charge in [-0.05, 0) is 0 Å². The SMILES string of the molecule is O.O=P(O)(O)OCC(O)CO.[KH].[KH]. The zero-order chi connectivity index (χ0) is 8.20. The maximum absolute atomic E-state index is 9.93. The normalized spacial score (nSPS) is 11.7. The first kappa shape index (κ1) is 25.2. The van der Waals surface area contributed by atoms with Crippen LogP contribution in [0.5, 0.6) is 0 Å². The number of aliphatic hydroxyl groups is 2. The Labute approximate surface area is 161 Å². The fourth-order valence-corrected chi connectivity index (χ4v) is 0.602. The van der Waals surface area contributed by atoms with Crippen molar-refractivity contribution in [2.24, 2.45) is 0 Å². The molecule has 0 spiro atoms. The van der Waals surface area contributed by atoms with Crippen molar-refractivity contribution in [3.63, 3.8) is 0 Å². The van der Waals surface area contributed by atoms with Gasteiger partial charge in [0.1, 0.15) is 6.10 Å². The predicted octanol–water partition coefficient (Wildman–Crippen LogP) is -3.67. The third-order valence-electron chi connectivity index (χ3n) is 0.646. The Morgan fingerprint density at radius 2 is 1.69 bits per heavy atom. The van der Waals surface area contributed by atoms with Gasteiger partial charge in [-0.25, -0.2) is 4.57 Å². The Balaban J connectivity index is -0.000000135. The van der Waals surface area contributed by atoms with E-state index in [2.05, 4.69) is 4.52 Å². The van der Waals surface area contributed by atoms with Gasteiger partial charge < -0.3 is 25.5 Å². The molecule has 0 rings (SSSR count). The summed E-state index contributed by atoms with van der Waals surface area (Å²) < 4.78 is 13.8. The number of phosphoric ester groups is 1. The molecule has 10 heteroatoms. The summed E-state index contributed by atoms with van der Waals surface area (Å²) in [5, 5.41) is 16.7. The van der Waals surface area contributed by atoms with Gasteiger partial charge in [-0.3, -0.25) is 4.52 Å². The summed E-state index contributed by atoms with van der Waals surface area (Å²) in [6.07, 6.45) is -1.24. The topological polar surface area (TPSA) is 139 Å². The predicted molar refractivity (Wildman–Crippen MR) is 49.0 cm³/mol. The van der Waals surface area contributed by atoms with E-state index in [9.17, 15) is 4.57 Å². The van der Waals surface area contributed by atoms with Crippen LogP contribution in [0.15, 0.2) is 0 Å². The average Bonchev–Trinajstić information content (AvgIpc) is 1.81. The van der Waals surface area contributed by atoms with Crippen LogP contribution in [-0.4, -0.2) is 148 Å². The summed E-state index contributed by atoms with van der Waals surface area (Å²) >= 11 is 0. The van der Waals surface area contributed by atoms with Crippen molar-refractivity contribution in [1.29, 1.82) is 0 Å². The minimum atomic E-state index is -4.50. The fourth-order valence-electron chi connectivity index (χ4n) is 0.236. The molecule has 0 saturated carbocycles. The molecule has 0 fully saturated rings. The van der Waals surface area contributed by atoms with E-state index in [-0.39, 0.29) is 108 Å². The Morgan fingerprint density at radius 1 is 1.31 bits per heavy atom. The zero-order valence-corrected chi connectivity index (χ0v) is 6.44. The summed E-state index contributed by atoms with van der Waals surface area (Å²) in [5.41, 5.74) is 0.